The summed E-state index contributed by atoms with van der Waals surface area (Å²) in [6.07, 6.45) is 1.11. The molecule has 1 aliphatic rings. The number of β-amino-alcohol motifs (C(OH)–C–C–N with tert-alkyl or cyclic N) is 1. The lowest BCUT2D eigenvalue weighted by Gasteiger charge is -2.15. The summed E-state index contributed by atoms with van der Waals surface area (Å²) in [4.78, 5) is 36.0. The molecular weight excluding hydrogens is 342 g/mol. The quantitative estimate of drug-likeness (QED) is 0.654. The number of nitrogens with one attached hydrogen (secondary N) is 1. The molecule has 0 saturated heterocycles. The number of hydrogen-bond donors (Lipinski definition) is 3. The second-order valence-corrected chi connectivity index (χ2v) is 5.08. The van der Waals surface area contributed by atoms with E-state index in [4.69, 9.17) is 10.8 Å². The summed E-state index contributed by atoms with van der Waals surface area (Å²) in [6.45, 7) is -0.405. The standard InChI is InChI=1S/C13H12BrN3O4/c14-8-3-1-2-7(12(15)20)11(8)16-9-6-10(19)17(4-5-18)13(9)21/h1-3,6,16,18H,4-5H2,(H2,15,20). The highest BCUT2D eigenvalue weighted by molar-refractivity contribution is 9.10. The molecule has 110 valence electrons. The number of amides is 3. The lowest BCUT2D eigenvalue weighted by atomic mass is 10.1. The number of primary amides is 1. The maximum Gasteiger partial charge on any atom is 0.277 e. The Morgan fingerprint density at radius 2 is 2.10 bits per heavy atom. The fraction of sp³-hybridized carbons (Fsp3) is 0.154. The number of halogens is 1. The number of carbonyl (C=O) groups is 3. The number of anilines is 1. The molecule has 4 N–H and O–H groups in total. The second kappa shape index (κ2) is 6.06. The third-order valence-corrected chi connectivity index (χ3v) is 3.53. The average molecular weight is 354 g/mol. The van der Waals surface area contributed by atoms with Gasteiger partial charge in [0.25, 0.3) is 17.7 Å². The minimum absolute atomic E-state index is 0.0165. The fourth-order valence-corrected chi connectivity index (χ4v) is 2.37. The van der Waals surface area contributed by atoms with Crippen LogP contribution in [-0.4, -0.2) is 40.9 Å². The minimum Gasteiger partial charge on any atom is -0.395 e. The molecule has 8 heteroatoms. The van der Waals surface area contributed by atoms with Crippen LogP contribution in [0.4, 0.5) is 5.69 Å². The van der Waals surface area contributed by atoms with Crippen LogP contribution in [0, 0.1) is 0 Å². The predicted octanol–water partition coefficient (Wildman–Crippen LogP) is 0.205. The van der Waals surface area contributed by atoms with E-state index in [0.29, 0.717) is 10.2 Å². The summed E-state index contributed by atoms with van der Waals surface area (Å²) >= 11 is 3.26. The van der Waals surface area contributed by atoms with Crippen molar-refractivity contribution in [3.05, 3.63) is 40.0 Å². The molecule has 0 unspecified atom stereocenters. The van der Waals surface area contributed by atoms with Gasteiger partial charge in [0, 0.05) is 10.5 Å². The van der Waals surface area contributed by atoms with Gasteiger partial charge in [0.1, 0.15) is 5.70 Å². The van der Waals surface area contributed by atoms with Crippen LogP contribution in [0.15, 0.2) is 34.4 Å². The molecule has 0 aliphatic carbocycles. The largest absolute Gasteiger partial charge is 0.395 e. The van der Waals surface area contributed by atoms with Gasteiger partial charge in [-0.2, -0.15) is 0 Å². The highest BCUT2D eigenvalue weighted by Crippen LogP contribution is 2.28. The average Bonchev–Trinajstić information content (AvgIpc) is 2.69. The molecule has 1 aromatic carbocycles. The Morgan fingerprint density at radius 3 is 2.71 bits per heavy atom. The molecule has 3 amide bonds. The van der Waals surface area contributed by atoms with Crippen molar-refractivity contribution in [2.24, 2.45) is 5.73 Å². The Kier molecular flexibility index (Phi) is 4.39. The van der Waals surface area contributed by atoms with Crippen LogP contribution < -0.4 is 11.1 Å². The number of aliphatic hydroxyl groups excluding tert-OH is 1. The third-order valence-electron chi connectivity index (χ3n) is 2.87. The predicted molar refractivity (Wildman–Crippen MR) is 78.2 cm³/mol. The first-order valence-electron chi connectivity index (χ1n) is 5.99. The van der Waals surface area contributed by atoms with Gasteiger partial charge in [0.2, 0.25) is 0 Å². The van der Waals surface area contributed by atoms with E-state index in [0.717, 1.165) is 11.0 Å². The normalized spacial score (nSPS) is 14.4. The van der Waals surface area contributed by atoms with Crippen molar-refractivity contribution in [2.75, 3.05) is 18.5 Å². The summed E-state index contributed by atoms with van der Waals surface area (Å²) in [7, 11) is 0. The van der Waals surface area contributed by atoms with Crippen molar-refractivity contribution in [1.82, 2.24) is 4.90 Å². The van der Waals surface area contributed by atoms with Crippen LogP contribution >= 0.6 is 15.9 Å². The van der Waals surface area contributed by atoms with Crippen LogP contribution in [0.2, 0.25) is 0 Å². The number of nitrogens with two attached hydrogens (primary N) is 1. The number of hydrogen-bond acceptors (Lipinski definition) is 5. The smallest absolute Gasteiger partial charge is 0.277 e. The molecule has 0 aromatic heterocycles. The summed E-state index contributed by atoms with van der Waals surface area (Å²) in [5, 5.41) is 11.6. The Labute approximate surface area is 128 Å². The van der Waals surface area contributed by atoms with Crippen molar-refractivity contribution < 1.29 is 19.5 Å². The van der Waals surface area contributed by atoms with Crippen molar-refractivity contribution >= 4 is 39.3 Å². The zero-order valence-corrected chi connectivity index (χ0v) is 12.4. The monoisotopic (exact) mass is 353 g/mol. The van der Waals surface area contributed by atoms with Crippen molar-refractivity contribution in [2.45, 2.75) is 0 Å². The maximum atomic E-state index is 12.0. The molecule has 0 spiro atoms. The molecule has 0 radical (unpaired) electrons. The van der Waals surface area contributed by atoms with Gasteiger partial charge in [0.05, 0.1) is 24.4 Å². The lowest BCUT2D eigenvalue weighted by molar-refractivity contribution is -0.137. The molecule has 7 nitrogen and oxygen atoms in total. The van der Waals surface area contributed by atoms with Crippen LogP contribution in [0.25, 0.3) is 0 Å². The molecule has 2 rings (SSSR count). The van der Waals surface area contributed by atoms with E-state index < -0.39 is 17.7 Å². The van der Waals surface area contributed by atoms with Crippen LogP contribution in [0.1, 0.15) is 10.4 Å². The van der Waals surface area contributed by atoms with E-state index in [1.165, 1.54) is 6.07 Å². The van der Waals surface area contributed by atoms with Crippen LogP contribution in [0.5, 0.6) is 0 Å². The molecule has 0 saturated carbocycles. The second-order valence-electron chi connectivity index (χ2n) is 4.23. The van der Waals surface area contributed by atoms with E-state index in [1.807, 2.05) is 0 Å². The van der Waals surface area contributed by atoms with E-state index in [1.54, 1.807) is 12.1 Å². The Morgan fingerprint density at radius 1 is 1.38 bits per heavy atom. The van der Waals surface area contributed by atoms with Crippen LogP contribution in [0.3, 0.4) is 0 Å². The first-order chi connectivity index (χ1) is 9.95. The Hall–Kier alpha value is -2.19. The van der Waals surface area contributed by atoms with Gasteiger partial charge in [0.15, 0.2) is 0 Å². The van der Waals surface area contributed by atoms with E-state index in [2.05, 4.69) is 21.2 Å². The van der Waals surface area contributed by atoms with Gasteiger partial charge < -0.3 is 16.2 Å². The first-order valence-corrected chi connectivity index (χ1v) is 6.78. The fourth-order valence-electron chi connectivity index (χ4n) is 1.90. The van der Waals surface area contributed by atoms with Gasteiger partial charge in [-0.25, -0.2) is 0 Å². The Balaban J connectivity index is 2.32. The maximum absolute atomic E-state index is 12.0. The number of para-hydroxylation sites is 1. The zero-order valence-electron chi connectivity index (χ0n) is 10.8. The first kappa shape index (κ1) is 15.2. The summed E-state index contributed by atoms with van der Waals surface area (Å²) < 4.78 is 0.528. The molecular formula is C13H12BrN3O4. The number of imide groups is 1. The van der Waals surface area contributed by atoms with Gasteiger partial charge in [-0.05, 0) is 28.1 Å². The summed E-state index contributed by atoms with van der Waals surface area (Å²) in [5.74, 6) is -1.76. The highest BCUT2D eigenvalue weighted by atomic mass is 79.9. The topological polar surface area (TPSA) is 113 Å². The van der Waals surface area contributed by atoms with Crippen molar-refractivity contribution in [1.29, 1.82) is 0 Å². The highest BCUT2D eigenvalue weighted by Gasteiger charge is 2.31. The number of nitrogens with zero attached hydrogens (tertiary/aromatic N) is 1. The molecule has 0 bridgehead atoms. The van der Waals surface area contributed by atoms with Crippen molar-refractivity contribution in [3.63, 3.8) is 0 Å². The van der Waals surface area contributed by atoms with E-state index in [-0.39, 0.29) is 24.4 Å². The van der Waals surface area contributed by atoms with Gasteiger partial charge in [-0.1, -0.05) is 6.07 Å². The van der Waals surface area contributed by atoms with E-state index in [9.17, 15) is 14.4 Å². The van der Waals surface area contributed by atoms with Crippen LogP contribution in [-0.2, 0) is 9.59 Å². The number of carbonyl (C=O) groups excluding carboxylic acids is 3. The molecule has 0 atom stereocenters. The van der Waals surface area contributed by atoms with Gasteiger partial charge in [-0.15, -0.1) is 0 Å². The molecule has 0 fully saturated rings. The SMILES string of the molecule is NC(=O)c1cccc(Br)c1NC1=CC(=O)N(CCO)C1=O. The number of rotatable bonds is 5. The minimum atomic E-state index is -0.664. The molecule has 1 heterocycles. The zero-order chi connectivity index (χ0) is 15.6. The van der Waals surface area contributed by atoms with Gasteiger partial charge in [-0.3, -0.25) is 19.3 Å². The molecule has 21 heavy (non-hydrogen) atoms. The lowest BCUT2D eigenvalue weighted by Crippen LogP contribution is -2.34. The number of aliphatic hydroxyl groups is 1. The number of benzene rings is 1. The molecule has 1 aliphatic heterocycles. The summed E-state index contributed by atoms with van der Waals surface area (Å²) in [5.41, 5.74) is 5.79. The summed E-state index contributed by atoms with van der Waals surface area (Å²) in [6, 6.07) is 4.80. The van der Waals surface area contributed by atoms with Crippen molar-refractivity contribution in [3.8, 4) is 0 Å². The van der Waals surface area contributed by atoms with E-state index >= 15 is 0 Å². The third kappa shape index (κ3) is 2.96. The molecule has 1 aromatic rings. The van der Waals surface area contributed by atoms with Gasteiger partial charge >= 0.3 is 0 Å². The Bertz CT molecular complexity index is 657.